The summed E-state index contributed by atoms with van der Waals surface area (Å²) in [4.78, 5) is 0. The Kier molecular flexibility index (Phi) is 5.19. The van der Waals surface area contributed by atoms with E-state index in [1.165, 1.54) is 19.3 Å². The van der Waals surface area contributed by atoms with Crippen molar-refractivity contribution in [2.75, 3.05) is 32.7 Å². The molecule has 6 heteroatoms. The lowest BCUT2D eigenvalue weighted by Crippen LogP contribution is -2.48. The van der Waals surface area contributed by atoms with Crippen LogP contribution in [0.3, 0.4) is 0 Å². The van der Waals surface area contributed by atoms with Crippen molar-refractivity contribution in [2.45, 2.75) is 57.4 Å². The SMILES string of the molecule is O=S(=O)(N1CCCCCC1)N(CC1CCCNC1)C1CC1. The van der Waals surface area contributed by atoms with Crippen molar-refractivity contribution in [3.63, 3.8) is 0 Å². The Morgan fingerprint density at radius 2 is 1.71 bits per heavy atom. The van der Waals surface area contributed by atoms with Crippen LogP contribution in [0.2, 0.25) is 0 Å². The smallest absolute Gasteiger partial charge is 0.282 e. The number of piperidine rings is 1. The molecule has 2 aliphatic heterocycles. The second kappa shape index (κ2) is 6.94. The van der Waals surface area contributed by atoms with Crippen LogP contribution < -0.4 is 5.32 Å². The number of nitrogens with zero attached hydrogens (tertiary/aromatic N) is 2. The zero-order valence-corrected chi connectivity index (χ0v) is 13.8. The highest BCUT2D eigenvalue weighted by Gasteiger charge is 2.41. The molecule has 0 amide bonds. The van der Waals surface area contributed by atoms with Crippen molar-refractivity contribution in [3.05, 3.63) is 0 Å². The molecule has 3 aliphatic rings. The lowest BCUT2D eigenvalue weighted by molar-refractivity contribution is 0.267. The monoisotopic (exact) mass is 315 g/mol. The van der Waals surface area contributed by atoms with Crippen LogP contribution in [0.4, 0.5) is 0 Å². The molecule has 3 fully saturated rings. The standard InChI is InChI=1S/C15H29N3O2S/c19-21(20,17-10-3-1-2-4-11-17)18(15-7-8-15)13-14-6-5-9-16-12-14/h14-16H,1-13H2. The fourth-order valence-electron chi connectivity index (χ4n) is 3.55. The summed E-state index contributed by atoms with van der Waals surface area (Å²) in [7, 11) is -3.24. The third-order valence-electron chi connectivity index (χ3n) is 4.98. The zero-order chi connectivity index (χ0) is 14.7. The lowest BCUT2D eigenvalue weighted by atomic mass is 10.00. The van der Waals surface area contributed by atoms with Crippen molar-refractivity contribution in [3.8, 4) is 0 Å². The Morgan fingerprint density at radius 3 is 2.29 bits per heavy atom. The summed E-state index contributed by atoms with van der Waals surface area (Å²) in [5.74, 6) is 0.487. The minimum Gasteiger partial charge on any atom is -0.316 e. The molecule has 0 aromatic heterocycles. The van der Waals surface area contributed by atoms with E-state index >= 15 is 0 Å². The molecule has 122 valence electrons. The minimum atomic E-state index is -3.24. The molecule has 21 heavy (non-hydrogen) atoms. The first-order valence-corrected chi connectivity index (χ1v) is 10.1. The van der Waals surface area contributed by atoms with Gasteiger partial charge in [-0.15, -0.1) is 0 Å². The van der Waals surface area contributed by atoms with Crippen LogP contribution in [0.25, 0.3) is 0 Å². The van der Waals surface area contributed by atoms with E-state index in [4.69, 9.17) is 0 Å². The first kappa shape index (κ1) is 15.7. The summed E-state index contributed by atoms with van der Waals surface area (Å²) in [5, 5.41) is 3.41. The maximum Gasteiger partial charge on any atom is 0.282 e. The third kappa shape index (κ3) is 3.97. The van der Waals surface area contributed by atoms with E-state index < -0.39 is 10.2 Å². The van der Waals surface area contributed by atoms with Crippen molar-refractivity contribution >= 4 is 10.2 Å². The Hall–Kier alpha value is -0.170. The van der Waals surface area contributed by atoms with Crippen LogP contribution >= 0.6 is 0 Å². The van der Waals surface area contributed by atoms with Gasteiger partial charge in [0.2, 0.25) is 0 Å². The largest absolute Gasteiger partial charge is 0.316 e. The fourth-order valence-corrected chi connectivity index (χ4v) is 5.55. The summed E-state index contributed by atoms with van der Waals surface area (Å²) in [6, 6.07) is 0.278. The Labute approximate surface area is 129 Å². The molecule has 0 aromatic rings. The highest BCUT2D eigenvalue weighted by Crippen LogP contribution is 2.32. The zero-order valence-electron chi connectivity index (χ0n) is 13.0. The average Bonchev–Trinajstić information content (AvgIpc) is 3.32. The minimum absolute atomic E-state index is 0.278. The van der Waals surface area contributed by atoms with E-state index in [0.29, 0.717) is 19.0 Å². The van der Waals surface area contributed by atoms with Crippen LogP contribution in [0.15, 0.2) is 0 Å². The highest BCUT2D eigenvalue weighted by molar-refractivity contribution is 7.86. The Morgan fingerprint density at radius 1 is 1.00 bits per heavy atom. The molecule has 1 aliphatic carbocycles. The van der Waals surface area contributed by atoms with Crippen LogP contribution in [0.5, 0.6) is 0 Å². The Bertz CT molecular complexity index is 422. The molecule has 2 saturated heterocycles. The third-order valence-corrected chi connectivity index (χ3v) is 7.04. The fraction of sp³-hybridized carbons (Fsp3) is 1.00. The van der Waals surface area contributed by atoms with Gasteiger partial charge in [-0.2, -0.15) is 17.0 Å². The maximum absolute atomic E-state index is 13.0. The van der Waals surface area contributed by atoms with Crippen LogP contribution in [-0.2, 0) is 10.2 Å². The van der Waals surface area contributed by atoms with Gasteiger partial charge in [-0.1, -0.05) is 12.8 Å². The van der Waals surface area contributed by atoms with Crippen molar-refractivity contribution < 1.29 is 8.42 Å². The molecule has 0 spiro atoms. The number of hydrogen-bond donors (Lipinski definition) is 1. The molecule has 0 radical (unpaired) electrons. The summed E-state index contributed by atoms with van der Waals surface area (Å²) < 4.78 is 29.7. The van der Waals surface area contributed by atoms with E-state index in [9.17, 15) is 8.42 Å². The van der Waals surface area contributed by atoms with Gasteiger partial charge in [-0.3, -0.25) is 0 Å². The van der Waals surface area contributed by atoms with E-state index in [-0.39, 0.29) is 6.04 Å². The topological polar surface area (TPSA) is 52.7 Å². The predicted molar refractivity (Wildman–Crippen MR) is 84.3 cm³/mol. The summed E-state index contributed by atoms with van der Waals surface area (Å²) in [6.07, 6.45) is 8.80. The summed E-state index contributed by atoms with van der Waals surface area (Å²) in [6.45, 7) is 4.21. The van der Waals surface area contributed by atoms with Gasteiger partial charge in [0.15, 0.2) is 0 Å². The average molecular weight is 315 g/mol. The molecular weight excluding hydrogens is 286 g/mol. The number of nitrogens with one attached hydrogen (secondary N) is 1. The van der Waals surface area contributed by atoms with Gasteiger partial charge in [0.1, 0.15) is 0 Å². The predicted octanol–water partition coefficient (Wildman–Crippen LogP) is 1.57. The number of rotatable bonds is 5. The van der Waals surface area contributed by atoms with Crippen molar-refractivity contribution in [2.24, 2.45) is 5.92 Å². The molecule has 1 saturated carbocycles. The normalized spacial score (nSPS) is 29.5. The van der Waals surface area contributed by atoms with E-state index in [1.54, 1.807) is 4.31 Å². The van der Waals surface area contributed by atoms with E-state index in [1.807, 2.05) is 4.31 Å². The van der Waals surface area contributed by atoms with Gasteiger partial charge < -0.3 is 5.32 Å². The van der Waals surface area contributed by atoms with Gasteiger partial charge in [0, 0.05) is 25.7 Å². The van der Waals surface area contributed by atoms with Crippen LogP contribution in [0, 0.1) is 5.92 Å². The molecule has 1 N–H and O–H groups in total. The molecule has 5 nitrogen and oxygen atoms in total. The molecule has 1 unspecified atom stereocenters. The number of hydrogen-bond acceptors (Lipinski definition) is 3. The summed E-state index contributed by atoms with van der Waals surface area (Å²) >= 11 is 0. The maximum atomic E-state index is 13.0. The van der Waals surface area contributed by atoms with Crippen molar-refractivity contribution in [1.82, 2.24) is 13.9 Å². The van der Waals surface area contributed by atoms with Crippen LogP contribution in [-0.4, -0.2) is 55.8 Å². The first-order chi connectivity index (χ1) is 10.2. The van der Waals surface area contributed by atoms with Crippen LogP contribution in [0.1, 0.15) is 51.4 Å². The second-order valence-electron chi connectivity index (χ2n) is 6.83. The quantitative estimate of drug-likeness (QED) is 0.838. The molecular formula is C15H29N3O2S. The highest BCUT2D eigenvalue weighted by atomic mass is 32.2. The van der Waals surface area contributed by atoms with Gasteiger partial charge in [-0.05, 0) is 57.5 Å². The first-order valence-electron chi connectivity index (χ1n) is 8.65. The Balaban J connectivity index is 1.69. The van der Waals surface area contributed by atoms with Crippen molar-refractivity contribution in [1.29, 1.82) is 0 Å². The molecule has 3 rings (SSSR count). The van der Waals surface area contributed by atoms with Gasteiger partial charge in [-0.25, -0.2) is 0 Å². The van der Waals surface area contributed by atoms with Gasteiger partial charge >= 0.3 is 0 Å². The molecule has 0 aromatic carbocycles. The van der Waals surface area contributed by atoms with Gasteiger partial charge in [0.25, 0.3) is 10.2 Å². The van der Waals surface area contributed by atoms with Gasteiger partial charge in [0.05, 0.1) is 0 Å². The second-order valence-corrected chi connectivity index (χ2v) is 8.72. The van der Waals surface area contributed by atoms with E-state index in [2.05, 4.69) is 5.32 Å². The molecule has 0 bridgehead atoms. The molecule has 1 atom stereocenters. The summed E-state index contributed by atoms with van der Waals surface area (Å²) in [5.41, 5.74) is 0. The molecule has 2 heterocycles. The lowest BCUT2D eigenvalue weighted by Gasteiger charge is -2.33. The van der Waals surface area contributed by atoms with E-state index in [0.717, 1.165) is 51.7 Å².